The number of aromatic nitrogens is 4. The van der Waals surface area contributed by atoms with Gasteiger partial charge in [-0.15, -0.1) is 0 Å². The molecule has 4 aromatic carbocycles. The van der Waals surface area contributed by atoms with Crippen molar-refractivity contribution in [3.05, 3.63) is 118 Å². The van der Waals surface area contributed by atoms with Gasteiger partial charge in [-0.3, -0.25) is 14.5 Å². The minimum Gasteiger partial charge on any atom is -0.465 e. The minimum absolute atomic E-state index is 0.0556. The molecule has 4 saturated heterocycles. The smallest absolute Gasteiger partial charge is 0.407 e. The van der Waals surface area contributed by atoms with Crippen molar-refractivity contribution in [1.82, 2.24) is 40.0 Å². The summed E-state index contributed by atoms with van der Waals surface area (Å²) in [4.78, 5) is 76.0. The first-order valence-electron chi connectivity index (χ1n) is 26.4. The minimum atomic E-state index is -1.23. The molecule has 17 nitrogen and oxygen atoms in total. The largest absolute Gasteiger partial charge is 0.465 e. The van der Waals surface area contributed by atoms with Gasteiger partial charge in [0.05, 0.1) is 60.0 Å². The molecule has 0 spiro atoms. The van der Waals surface area contributed by atoms with Crippen molar-refractivity contribution in [2.24, 2.45) is 11.8 Å². The molecule has 4 N–H and O–H groups in total. The highest BCUT2D eigenvalue weighted by Crippen LogP contribution is 2.50. The van der Waals surface area contributed by atoms with Crippen LogP contribution in [0, 0.1) is 35.1 Å². The lowest BCUT2D eigenvalue weighted by Gasteiger charge is -2.36. The lowest BCUT2D eigenvalue weighted by Crippen LogP contribution is -2.51. The zero-order chi connectivity index (χ0) is 54.6. The SMILES string of the molecule is COC(=O)N[C@H](C(=O)N1CCC[C@H]1c1nc2cc([C@H]3CC[C@H](c4cc5nc([C@@H]6CCCN6C(=O)[C@H](C(C)C)N(C)C(=O)O)[nH]c5cc4F)N3c3cc(F)c(N4CCO[C@@H](c5ccccc5)C4)c(F)c3)c(F)cc2[nH]1)C(C)C. The molecule has 4 aliphatic rings. The number of alkyl carbamates (subject to hydrolysis) is 1. The molecule has 0 unspecified atom stereocenters. The number of hydrogen-bond donors (Lipinski definition) is 4. The average Bonchev–Trinajstić information content (AvgIpc) is 4.27. The summed E-state index contributed by atoms with van der Waals surface area (Å²) >= 11 is 0. The van der Waals surface area contributed by atoms with Crippen molar-refractivity contribution in [3.63, 3.8) is 0 Å². The van der Waals surface area contributed by atoms with E-state index in [0.29, 0.717) is 72.5 Å². The normalized spacial score (nSPS) is 21.7. The van der Waals surface area contributed by atoms with E-state index in [1.54, 1.807) is 45.6 Å². The molecule has 0 radical (unpaired) electrons. The predicted octanol–water partition coefficient (Wildman–Crippen LogP) is 10.00. The van der Waals surface area contributed by atoms with Crippen LogP contribution in [-0.4, -0.2) is 123 Å². The van der Waals surface area contributed by atoms with E-state index in [2.05, 4.69) is 15.3 Å². The summed E-state index contributed by atoms with van der Waals surface area (Å²) in [6, 6.07) is 13.0. The van der Waals surface area contributed by atoms with Crippen LogP contribution in [0.15, 0.2) is 66.7 Å². The van der Waals surface area contributed by atoms with Crippen LogP contribution in [0.4, 0.5) is 38.5 Å². The number of carbonyl (C=O) groups is 4. The Morgan fingerprint density at radius 2 is 1.27 bits per heavy atom. The van der Waals surface area contributed by atoms with Gasteiger partial charge in [-0.2, -0.15) is 0 Å². The highest BCUT2D eigenvalue weighted by Gasteiger charge is 2.43. The number of nitrogens with one attached hydrogen (secondary N) is 3. The van der Waals surface area contributed by atoms with Gasteiger partial charge in [0, 0.05) is 50.0 Å². The van der Waals surface area contributed by atoms with Crippen molar-refractivity contribution >= 4 is 57.4 Å². The first kappa shape index (κ1) is 53.0. The third kappa shape index (κ3) is 10.1. The lowest BCUT2D eigenvalue weighted by molar-refractivity contribution is -0.138. The summed E-state index contributed by atoms with van der Waals surface area (Å²) in [5.74, 6) is -3.44. The van der Waals surface area contributed by atoms with Crippen LogP contribution in [0.2, 0.25) is 0 Å². The third-order valence-corrected chi connectivity index (χ3v) is 15.9. The number of rotatable bonds is 13. The van der Waals surface area contributed by atoms with E-state index in [0.717, 1.165) is 10.5 Å². The van der Waals surface area contributed by atoms with E-state index in [-0.39, 0.29) is 78.7 Å². The Balaban J connectivity index is 1.01. The highest BCUT2D eigenvalue weighted by molar-refractivity contribution is 5.87. The zero-order valence-electron chi connectivity index (χ0n) is 43.9. The van der Waals surface area contributed by atoms with Gasteiger partial charge in [-0.25, -0.2) is 37.1 Å². The molecule has 0 aliphatic carbocycles. The van der Waals surface area contributed by atoms with E-state index in [4.69, 9.17) is 19.4 Å². The number of H-pyrrole nitrogens is 2. The fourth-order valence-corrected chi connectivity index (χ4v) is 12.2. The zero-order valence-corrected chi connectivity index (χ0v) is 43.9. The van der Waals surface area contributed by atoms with Crippen molar-refractivity contribution in [1.29, 1.82) is 0 Å². The van der Waals surface area contributed by atoms with Gasteiger partial charge in [-0.05, 0) is 92.3 Å². The Morgan fingerprint density at radius 1 is 0.727 bits per heavy atom. The van der Waals surface area contributed by atoms with E-state index in [1.807, 2.05) is 44.2 Å². The van der Waals surface area contributed by atoms with Gasteiger partial charge in [0.25, 0.3) is 0 Å². The molecule has 6 aromatic rings. The van der Waals surface area contributed by atoms with Crippen molar-refractivity contribution in [2.75, 3.05) is 56.7 Å². The second kappa shape index (κ2) is 21.5. The summed E-state index contributed by atoms with van der Waals surface area (Å²) in [6.07, 6.45) is 0.434. The number of amides is 4. The van der Waals surface area contributed by atoms with E-state index < -0.39 is 77.8 Å². The molecule has 21 heteroatoms. The number of hydrogen-bond acceptors (Lipinski definition) is 10. The summed E-state index contributed by atoms with van der Waals surface area (Å²) < 4.78 is 78.6. The van der Waals surface area contributed by atoms with E-state index in [1.165, 1.54) is 38.4 Å². The number of carboxylic acid groups (broad SMARTS) is 1. The Morgan fingerprint density at radius 3 is 1.78 bits per heavy atom. The van der Waals surface area contributed by atoms with Crippen molar-refractivity contribution in [2.45, 2.75) is 109 Å². The molecule has 4 aliphatic heterocycles. The van der Waals surface area contributed by atoms with Gasteiger partial charge in [0.1, 0.15) is 47.2 Å². The van der Waals surface area contributed by atoms with Crippen molar-refractivity contribution in [3.8, 4) is 0 Å². The molecular formula is C56H64F4N10O7. The van der Waals surface area contributed by atoms with Gasteiger partial charge >= 0.3 is 12.2 Å². The van der Waals surface area contributed by atoms with E-state index in [9.17, 15) is 24.3 Å². The number of nitrogens with zero attached hydrogens (tertiary/aromatic N) is 7. The molecule has 10 rings (SSSR count). The summed E-state index contributed by atoms with van der Waals surface area (Å²) in [7, 11) is 2.59. The molecular weight excluding hydrogens is 1000 g/mol. The summed E-state index contributed by atoms with van der Waals surface area (Å²) in [5, 5.41) is 12.4. The standard InChI is InChI=1S/C56H64F4N10O7/c1-29(2)48(65-55(73)76-6)53(71)68-18-10-14-45(68)51-61-39-24-33(35(57)26-41(39)63-51)43-16-17-44(70(43)32-22-37(59)50(38(60)23-32)67-20-21-77-47(28-67)31-12-8-7-9-13-31)34-25-40-42(27-36(34)58)64-52(62-40)46-15-11-19-69(46)54(72)49(30(3)4)66(5)56(74)75/h7-9,12-13,22-27,29-30,43-49H,10-11,14-21,28H2,1-6H3,(H,61,63)(H,62,64)(H,65,73)(H,74,75)/t43-,44-,45+,46+,47-,48+,49+/m1/s1. The van der Waals surface area contributed by atoms with Crippen LogP contribution in [0.3, 0.4) is 0 Å². The van der Waals surface area contributed by atoms with Gasteiger partial charge in [0.15, 0.2) is 11.6 Å². The van der Waals surface area contributed by atoms with Crippen LogP contribution in [0.25, 0.3) is 22.1 Å². The van der Waals surface area contributed by atoms with Gasteiger partial charge in [0.2, 0.25) is 11.8 Å². The fraction of sp³-hybridized carbons (Fsp3) is 0.464. The number of likely N-dealkylation sites (tertiary alicyclic amines) is 2. The van der Waals surface area contributed by atoms with Crippen molar-refractivity contribution < 1.29 is 51.3 Å². The Labute approximate surface area is 442 Å². The monoisotopic (exact) mass is 1060 g/mol. The highest BCUT2D eigenvalue weighted by atomic mass is 19.1. The number of carbonyl (C=O) groups excluding carboxylic acids is 3. The molecule has 0 bridgehead atoms. The molecule has 4 amide bonds. The number of morpholine rings is 1. The fourth-order valence-electron chi connectivity index (χ4n) is 12.2. The Kier molecular flexibility index (Phi) is 14.8. The van der Waals surface area contributed by atoms with Crippen LogP contribution in [0.1, 0.15) is 125 Å². The number of benzene rings is 4. The number of halogens is 4. The number of fused-ring (bicyclic) bond motifs is 2. The molecule has 2 aromatic heterocycles. The molecule has 77 heavy (non-hydrogen) atoms. The van der Waals surface area contributed by atoms with Gasteiger partial charge in [-0.1, -0.05) is 58.0 Å². The molecule has 4 fully saturated rings. The third-order valence-electron chi connectivity index (χ3n) is 15.9. The first-order valence-corrected chi connectivity index (χ1v) is 26.4. The molecule has 408 valence electrons. The van der Waals surface area contributed by atoms with E-state index >= 15 is 17.6 Å². The topological polar surface area (TPSA) is 193 Å². The number of ether oxygens (including phenoxy) is 2. The lowest BCUT2D eigenvalue weighted by atomic mass is 10.0. The second-order valence-electron chi connectivity index (χ2n) is 21.3. The van der Waals surface area contributed by atoms with Crippen LogP contribution in [0.5, 0.6) is 0 Å². The number of aromatic amines is 2. The quantitative estimate of drug-likeness (QED) is 0.0805. The summed E-state index contributed by atoms with van der Waals surface area (Å²) in [5.41, 5.74) is 2.44. The summed E-state index contributed by atoms with van der Waals surface area (Å²) in [6.45, 7) is 8.60. The molecule has 7 atom stereocenters. The second-order valence-corrected chi connectivity index (χ2v) is 21.3. The number of anilines is 2. The van der Waals surface area contributed by atoms with Crippen LogP contribution in [-0.2, 0) is 19.1 Å². The number of imidazole rings is 2. The van der Waals surface area contributed by atoms with Crippen LogP contribution < -0.4 is 15.1 Å². The maximum atomic E-state index is 17.0. The maximum absolute atomic E-state index is 17.0. The predicted molar refractivity (Wildman–Crippen MR) is 279 cm³/mol. The first-order chi connectivity index (χ1) is 36.9. The molecule has 6 heterocycles. The number of methoxy groups -OCH3 is 1. The molecule has 0 saturated carbocycles. The average molecular weight is 1070 g/mol. The van der Waals surface area contributed by atoms with Gasteiger partial charge < -0.3 is 49.5 Å². The number of likely N-dealkylation sites (N-methyl/N-ethyl adjacent to an activating group) is 1. The maximum Gasteiger partial charge on any atom is 0.407 e. The van der Waals surface area contributed by atoms with Crippen LogP contribution >= 0.6 is 0 Å². The Hall–Kier alpha value is -7.42. The Bertz CT molecular complexity index is 3190.